The van der Waals surface area contributed by atoms with Gasteiger partial charge in [0.2, 0.25) is 5.91 Å². The van der Waals surface area contributed by atoms with E-state index in [9.17, 15) is 9.59 Å². The van der Waals surface area contributed by atoms with Crippen LogP contribution in [0.5, 0.6) is 11.5 Å². The summed E-state index contributed by atoms with van der Waals surface area (Å²) in [6.45, 7) is 7.66. The van der Waals surface area contributed by atoms with Crippen LogP contribution in [0.4, 0.5) is 5.69 Å². The first kappa shape index (κ1) is 24.9. The fourth-order valence-corrected chi connectivity index (χ4v) is 4.04. The number of fused-ring (bicyclic) bond motifs is 1. The summed E-state index contributed by atoms with van der Waals surface area (Å²) in [6, 6.07) is 21.2. The van der Waals surface area contributed by atoms with Crippen molar-refractivity contribution in [3.8, 4) is 22.6 Å². The second kappa shape index (κ2) is 11.0. The Hall–Kier alpha value is -4.26. The Morgan fingerprint density at radius 3 is 2.33 bits per heavy atom. The Labute approximate surface area is 210 Å². The SMILES string of the molecule is CCOC(=O)c1[nH]c2ccc(OCc3ccccc3)c(-c3ccc(OC(C)C)cc3)c2c1NC(C)=O. The minimum absolute atomic E-state index is 0.0484. The smallest absolute Gasteiger partial charge is 0.356 e. The number of esters is 1. The highest BCUT2D eigenvalue weighted by Gasteiger charge is 2.25. The van der Waals surface area contributed by atoms with Crippen LogP contribution in [0.1, 0.15) is 43.7 Å². The standard InChI is InChI=1S/C29H30N2O5/c1-5-34-29(33)28-27(30-19(4)32)26-23(31-28)15-16-24(35-17-20-9-7-6-8-10-20)25(26)21-11-13-22(14-12-21)36-18(2)3/h6-16,18,31H,5,17H2,1-4H3,(H,30,32). The average molecular weight is 487 g/mol. The highest BCUT2D eigenvalue weighted by atomic mass is 16.5. The van der Waals surface area contributed by atoms with E-state index in [0.717, 1.165) is 22.4 Å². The van der Waals surface area contributed by atoms with E-state index in [1.54, 1.807) is 6.92 Å². The summed E-state index contributed by atoms with van der Waals surface area (Å²) < 4.78 is 17.3. The molecule has 0 atom stereocenters. The molecule has 0 aliphatic heterocycles. The van der Waals surface area contributed by atoms with Crippen LogP contribution in [-0.4, -0.2) is 29.6 Å². The predicted molar refractivity (Wildman–Crippen MR) is 141 cm³/mol. The van der Waals surface area contributed by atoms with Gasteiger partial charge in [0.15, 0.2) is 0 Å². The van der Waals surface area contributed by atoms with Crippen molar-refractivity contribution >= 4 is 28.5 Å². The first-order valence-electron chi connectivity index (χ1n) is 11.9. The van der Waals surface area contributed by atoms with E-state index >= 15 is 0 Å². The van der Waals surface area contributed by atoms with Gasteiger partial charge in [-0.05, 0) is 56.2 Å². The molecular weight excluding hydrogens is 456 g/mol. The second-order valence-electron chi connectivity index (χ2n) is 8.60. The number of H-pyrrole nitrogens is 1. The second-order valence-corrected chi connectivity index (χ2v) is 8.60. The lowest BCUT2D eigenvalue weighted by atomic mass is 9.99. The molecule has 7 heteroatoms. The van der Waals surface area contributed by atoms with Crippen LogP contribution in [-0.2, 0) is 16.1 Å². The number of hydrogen-bond donors (Lipinski definition) is 2. The molecule has 186 valence electrons. The van der Waals surface area contributed by atoms with Crippen molar-refractivity contribution in [3.05, 3.63) is 78.0 Å². The number of ether oxygens (including phenoxy) is 3. The summed E-state index contributed by atoms with van der Waals surface area (Å²) in [5.74, 6) is 0.514. The number of aromatic nitrogens is 1. The Bertz CT molecular complexity index is 1360. The number of anilines is 1. The molecule has 2 N–H and O–H groups in total. The van der Waals surface area contributed by atoms with Crippen LogP contribution < -0.4 is 14.8 Å². The van der Waals surface area contributed by atoms with Gasteiger partial charge in [-0.2, -0.15) is 0 Å². The summed E-state index contributed by atoms with van der Waals surface area (Å²) in [5, 5.41) is 3.50. The van der Waals surface area contributed by atoms with E-state index in [2.05, 4.69) is 10.3 Å². The van der Waals surface area contributed by atoms with Crippen LogP contribution >= 0.6 is 0 Å². The van der Waals surface area contributed by atoms with Gasteiger partial charge in [-0.15, -0.1) is 0 Å². The van der Waals surface area contributed by atoms with Gasteiger partial charge in [0, 0.05) is 23.4 Å². The monoisotopic (exact) mass is 486 g/mol. The number of carbonyl (C=O) groups excluding carboxylic acids is 2. The number of rotatable bonds is 9. The van der Waals surface area contributed by atoms with Gasteiger partial charge in [0.1, 0.15) is 23.8 Å². The zero-order chi connectivity index (χ0) is 25.7. The van der Waals surface area contributed by atoms with Crippen molar-refractivity contribution in [2.24, 2.45) is 0 Å². The first-order chi connectivity index (χ1) is 17.4. The fraction of sp³-hybridized carbons (Fsp3) is 0.241. The molecule has 0 aliphatic rings. The molecule has 1 heterocycles. The molecule has 0 saturated heterocycles. The maximum atomic E-state index is 12.8. The lowest BCUT2D eigenvalue weighted by Gasteiger charge is -2.16. The molecule has 0 aliphatic carbocycles. The fourth-order valence-electron chi connectivity index (χ4n) is 4.04. The van der Waals surface area contributed by atoms with Crippen LogP contribution in [0.3, 0.4) is 0 Å². The lowest BCUT2D eigenvalue weighted by Crippen LogP contribution is -2.12. The largest absolute Gasteiger partial charge is 0.491 e. The number of aromatic amines is 1. The van der Waals surface area contributed by atoms with Crippen LogP contribution in [0.15, 0.2) is 66.7 Å². The number of benzene rings is 3. The Morgan fingerprint density at radius 1 is 0.972 bits per heavy atom. The quantitative estimate of drug-likeness (QED) is 0.270. The van der Waals surface area contributed by atoms with E-state index in [0.29, 0.717) is 28.9 Å². The van der Waals surface area contributed by atoms with Crippen molar-refractivity contribution in [2.45, 2.75) is 40.4 Å². The highest BCUT2D eigenvalue weighted by Crippen LogP contribution is 2.43. The van der Waals surface area contributed by atoms with Gasteiger partial charge in [-0.3, -0.25) is 4.79 Å². The molecular formula is C29H30N2O5. The van der Waals surface area contributed by atoms with Gasteiger partial charge >= 0.3 is 5.97 Å². The number of nitrogens with one attached hydrogen (secondary N) is 2. The third-order valence-corrected chi connectivity index (χ3v) is 5.46. The minimum atomic E-state index is -0.546. The molecule has 0 unspecified atom stereocenters. The maximum absolute atomic E-state index is 12.8. The van der Waals surface area contributed by atoms with Gasteiger partial charge < -0.3 is 24.5 Å². The van der Waals surface area contributed by atoms with Crippen molar-refractivity contribution in [3.63, 3.8) is 0 Å². The average Bonchev–Trinajstić information content (AvgIpc) is 3.21. The minimum Gasteiger partial charge on any atom is -0.491 e. The molecule has 1 aromatic heterocycles. The van der Waals surface area contributed by atoms with E-state index in [-0.39, 0.29) is 24.3 Å². The summed E-state index contributed by atoms with van der Waals surface area (Å²) in [5.41, 5.74) is 3.83. The summed E-state index contributed by atoms with van der Waals surface area (Å²) >= 11 is 0. The molecule has 0 fully saturated rings. The summed E-state index contributed by atoms with van der Waals surface area (Å²) in [6.07, 6.45) is 0.0484. The lowest BCUT2D eigenvalue weighted by molar-refractivity contribution is -0.114. The highest BCUT2D eigenvalue weighted by molar-refractivity contribution is 6.16. The molecule has 4 rings (SSSR count). The van der Waals surface area contributed by atoms with Crippen LogP contribution in [0.25, 0.3) is 22.0 Å². The molecule has 1 amide bonds. The van der Waals surface area contributed by atoms with Crippen LogP contribution in [0, 0.1) is 0 Å². The Kier molecular flexibility index (Phi) is 7.59. The van der Waals surface area contributed by atoms with Gasteiger partial charge in [-0.25, -0.2) is 4.79 Å². The molecule has 0 saturated carbocycles. The molecule has 7 nitrogen and oxygen atoms in total. The van der Waals surface area contributed by atoms with Gasteiger partial charge in [0.05, 0.1) is 18.4 Å². The molecule has 3 aromatic carbocycles. The zero-order valence-electron chi connectivity index (χ0n) is 20.9. The van der Waals surface area contributed by atoms with E-state index in [1.165, 1.54) is 6.92 Å². The van der Waals surface area contributed by atoms with Crippen molar-refractivity contribution < 1.29 is 23.8 Å². The molecule has 4 aromatic rings. The Balaban J connectivity index is 1.90. The number of amides is 1. The third-order valence-electron chi connectivity index (χ3n) is 5.46. The summed E-state index contributed by atoms with van der Waals surface area (Å²) in [7, 11) is 0. The van der Waals surface area contributed by atoms with E-state index in [4.69, 9.17) is 14.2 Å². The molecule has 0 spiro atoms. The number of hydrogen-bond acceptors (Lipinski definition) is 5. The predicted octanol–water partition coefficient (Wildman–Crippen LogP) is 6.34. The topological polar surface area (TPSA) is 89.7 Å². The van der Waals surface area contributed by atoms with Crippen molar-refractivity contribution in [1.29, 1.82) is 0 Å². The normalized spacial score (nSPS) is 10.9. The molecule has 0 radical (unpaired) electrons. The van der Waals surface area contributed by atoms with Crippen LogP contribution in [0.2, 0.25) is 0 Å². The summed E-state index contributed by atoms with van der Waals surface area (Å²) in [4.78, 5) is 28.0. The van der Waals surface area contributed by atoms with E-state index < -0.39 is 5.97 Å². The maximum Gasteiger partial charge on any atom is 0.356 e. The van der Waals surface area contributed by atoms with Crippen molar-refractivity contribution in [1.82, 2.24) is 4.98 Å². The van der Waals surface area contributed by atoms with Gasteiger partial charge in [0.25, 0.3) is 0 Å². The first-order valence-corrected chi connectivity index (χ1v) is 11.9. The molecule has 0 bridgehead atoms. The van der Waals surface area contributed by atoms with Gasteiger partial charge in [-0.1, -0.05) is 42.5 Å². The van der Waals surface area contributed by atoms with Crippen molar-refractivity contribution in [2.75, 3.05) is 11.9 Å². The van der Waals surface area contributed by atoms with E-state index in [1.807, 2.05) is 80.6 Å². The third kappa shape index (κ3) is 5.51. The zero-order valence-corrected chi connectivity index (χ0v) is 20.9. The number of carbonyl (C=O) groups is 2. The Morgan fingerprint density at radius 2 is 1.69 bits per heavy atom. The molecule has 36 heavy (non-hydrogen) atoms.